The zero-order valence-corrected chi connectivity index (χ0v) is 21.7. The van der Waals surface area contributed by atoms with Crippen molar-refractivity contribution in [3.63, 3.8) is 0 Å². The lowest BCUT2D eigenvalue weighted by Crippen LogP contribution is -2.53. The summed E-state index contributed by atoms with van der Waals surface area (Å²) in [4.78, 5) is 49.1. The number of nitrogens with zero attached hydrogens (tertiary/aromatic N) is 5. The van der Waals surface area contributed by atoms with Crippen LogP contribution in [0.1, 0.15) is 22.6 Å². The molecule has 5 rings (SSSR count). The normalized spacial score (nSPS) is 21.1. The van der Waals surface area contributed by atoms with E-state index < -0.39 is 23.4 Å². The Morgan fingerprint density at radius 3 is 2.47 bits per heavy atom. The van der Waals surface area contributed by atoms with Gasteiger partial charge in [-0.2, -0.15) is 5.26 Å². The first kappa shape index (κ1) is 25.5. The van der Waals surface area contributed by atoms with Crippen LogP contribution < -0.4 is 4.90 Å². The number of imide groups is 1. The minimum Gasteiger partial charge on any atom is -0.336 e. The van der Waals surface area contributed by atoms with E-state index in [0.717, 1.165) is 16.0 Å². The number of likely N-dealkylation sites (tertiary alicyclic amines) is 1. The zero-order valence-electron chi connectivity index (χ0n) is 20.2. The van der Waals surface area contributed by atoms with E-state index in [1.54, 1.807) is 60.7 Å². The van der Waals surface area contributed by atoms with E-state index in [-0.39, 0.29) is 34.7 Å². The fourth-order valence-corrected chi connectivity index (χ4v) is 5.64. The molecular weight excluding hydrogens is 525 g/mol. The van der Waals surface area contributed by atoms with Crippen LogP contribution in [0.4, 0.5) is 10.5 Å². The molecule has 8 nitrogen and oxygen atoms in total. The summed E-state index contributed by atoms with van der Waals surface area (Å²) in [5.41, 5.74) is 0.824. The van der Waals surface area contributed by atoms with Gasteiger partial charge in [0.15, 0.2) is 0 Å². The van der Waals surface area contributed by atoms with Gasteiger partial charge in [0, 0.05) is 48.0 Å². The molecule has 4 amide bonds. The topological polar surface area (TPSA) is 97.6 Å². The second kappa shape index (κ2) is 9.93. The third-order valence-corrected chi connectivity index (χ3v) is 7.46. The average molecular weight is 546 g/mol. The summed E-state index contributed by atoms with van der Waals surface area (Å²) in [5.74, 6) is -1.33. The fraction of sp³-hybridized carbons (Fsp3) is 0.179. The van der Waals surface area contributed by atoms with Crippen LogP contribution in [0.2, 0.25) is 10.0 Å². The van der Waals surface area contributed by atoms with Crippen molar-refractivity contribution in [1.29, 1.82) is 5.26 Å². The Balaban J connectivity index is 1.56. The number of urea groups is 1. The molecule has 0 radical (unpaired) electrons. The quantitative estimate of drug-likeness (QED) is 0.348. The van der Waals surface area contributed by atoms with E-state index in [4.69, 9.17) is 23.2 Å². The molecule has 2 atom stereocenters. The molecule has 0 bridgehead atoms. The fourth-order valence-electron chi connectivity index (χ4n) is 5.12. The number of benzene rings is 2. The van der Waals surface area contributed by atoms with Gasteiger partial charge in [0.1, 0.15) is 5.54 Å². The summed E-state index contributed by atoms with van der Waals surface area (Å²) in [5, 5.41) is 9.80. The SMILES string of the molecule is CN1C(=O)N(c2cc(Cl)cc(Cl)c2)C(=O)[C@]12CN(C(=O)/C=C/c1cccnc1)C[C@H]2c1ccc(C#N)cc1. The molecule has 1 aromatic heterocycles. The summed E-state index contributed by atoms with van der Waals surface area (Å²) in [6.07, 6.45) is 6.36. The molecule has 0 unspecified atom stereocenters. The Morgan fingerprint density at radius 2 is 1.84 bits per heavy atom. The van der Waals surface area contributed by atoms with Crippen molar-refractivity contribution >= 4 is 52.8 Å². The van der Waals surface area contributed by atoms with Crippen LogP contribution in [0.15, 0.2) is 73.1 Å². The van der Waals surface area contributed by atoms with Crippen LogP contribution in [0.3, 0.4) is 0 Å². The monoisotopic (exact) mass is 545 g/mol. The van der Waals surface area contributed by atoms with Crippen molar-refractivity contribution in [1.82, 2.24) is 14.8 Å². The van der Waals surface area contributed by atoms with Crippen LogP contribution in [0, 0.1) is 11.3 Å². The average Bonchev–Trinajstić information content (AvgIpc) is 3.40. The van der Waals surface area contributed by atoms with Gasteiger partial charge in [-0.3, -0.25) is 14.6 Å². The largest absolute Gasteiger partial charge is 0.336 e. The molecule has 2 aliphatic heterocycles. The second-order valence-electron chi connectivity index (χ2n) is 9.16. The Morgan fingerprint density at radius 1 is 1.13 bits per heavy atom. The van der Waals surface area contributed by atoms with Gasteiger partial charge in [0.05, 0.1) is 23.9 Å². The molecule has 0 saturated carbocycles. The van der Waals surface area contributed by atoms with Crippen molar-refractivity contribution in [2.75, 3.05) is 25.0 Å². The third kappa shape index (κ3) is 4.30. The first-order valence-corrected chi connectivity index (χ1v) is 12.5. The highest BCUT2D eigenvalue weighted by atomic mass is 35.5. The van der Waals surface area contributed by atoms with Crippen molar-refractivity contribution < 1.29 is 14.4 Å². The van der Waals surface area contributed by atoms with Crippen LogP contribution in [0.25, 0.3) is 6.08 Å². The molecule has 0 N–H and O–H groups in total. The molecule has 3 heterocycles. The molecule has 2 saturated heterocycles. The lowest BCUT2D eigenvalue weighted by molar-refractivity contribution is -0.127. The smallest absolute Gasteiger partial charge is 0.332 e. The highest BCUT2D eigenvalue weighted by Gasteiger charge is 2.64. The van der Waals surface area contributed by atoms with Crippen LogP contribution in [0.5, 0.6) is 0 Å². The predicted octanol–water partition coefficient (Wildman–Crippen LogP) is 4.74. The number of amides is 4. The number of rotatable bonds is 4. The maximum Gasteiger partial charge on any atom is 0.332 e. The molecule has 38 heavy (non-hydrogen) atoms. The van der Waals surface area contributed by atoms with Crippen LogP contribution >= 0.6 is 23.2 Å². The van der Waals surface area contributed by atoms with Gasteiger partial charge in [0.2, 0.25) is 5.91 Å². The summed E-state index contributed by atoms with van der Waals surface area (Å²) >= 11 is 12.4. The standard InChI is InChI=1S/C28H21Cl2N5O3/c1-33-27(38)35(23-12-21(29)11-22(30)13-23)26(37)28(33)17-34(25(36)9-6-19-3-2-10-32-15-19)16-24(28)20-7-4-18(14-31)5-8-20/h2-13,15,24H,16-17H2,1H3/b9-6+/t24-,28+/m0/s1. The summed E-state index contributed by atoms with van der Waals surface area (Å²) < 4.78 is 0. The minimum atomic E-state index is -1.38. The molecule has 2 fully saturated rings. The van der Waals surface area contributed by atoms with Crippen molar-refractivity contribution in [3.05, 3.63) is 99.8 Å². The number of nitriles is 1. The predicted molar refractivity (Wildman–Crippen MR) is 144 cm³/mol. The molecule has 0 aliphatic carbocycles. The first-order valence-electron chi connectivity index (χ1n) is 11.7. The number of anilines is 1. The number of likely N-dealkylation sites (N-methyl/N-ethyl adjacent to an activating group) is 1. The highest BCUT2D eigenvalue weighted by Crippen LogP contribution is 2.46. The number of pyridine rings is 1. The van der Waals surface area contributed by atoms with Crippen molar-refractivity contribution in [2.24, 2.45) is 0 Å². The Bertz CT molecular complexity index is 1480. The lowest BCUT2D eigenvalue weighted by Gasteiger charge is -2.33. The number of carbonyl (C=O) groups excluding carboxylic acids is 3. The maximum atomic E-state index is 14.2. The van der Waals surface area contributed by atoms with Crippen molar-refractivity contribution in [3.8, 4) is 6.07 Å². The van der Waals surface area contributed by atoms with Gasteiger partial charge in [0.25, 0.3) is 5.91 Å². The van der Waals surface area contributed by atoms with E-state index in [1.807, 2.05) is 6.07 Å². The Kier molecular flexibility index (Phi) is 6.66. The molecular formula is C28H21Cl2N5O3. The molecule has 2 aliphatic rings. The summed E-state index contributed by atoms with van der Waals surface area (Å²) in [7, 11) is 1.56. The van der Waals surface area contributed by atoms with Gasteiger partial charge < -0.3 is 9.80 Å². The Hall–Kier alpha value is -4.19. The van der Waals surface area contributed by atoms with Gasteiger partial charge in [-0.25, -0.2) is 9.69 Å². The number of hydrogen-bond acceptors (Lipinski definition) is 5. The molecule has 10 heteroatoms. The van der Waals surface area contributed by atoms with Crippen molar-refractivity contribution in [2.45, 2.75) is 11.5 Å². The van der Waals surface area contributed by atoms with E-state index >= 15 is 0 Å². The van der Waals surface area contributed by atoms with Crippen LogP contribution in [-0.2, 0) is 9.59 Å². The van der Waals surface area contributed by atoms with Crippen LogP contribution in [-0.4, -0.2) is 58.3 Å². The zero-order chi connectivity index (χ0) is 27.0. The second-order valence-corrected chi connectivity index (χ2v) is 10.0. The van der Waals surface area contributed by atoms with Gasteiger partial charge in [-0.1, -0.05) is 41.4 Å². The Labute approximate surface area is 229 Å². The van der Waals surface area contributed by atoms with E-state index in [2.05, 4.69) is 11.1 Å². The number of aromatic nitrogens is 1. The maximum absolute atomic E-state index is 14.2. The van der Waals surface area contributed by atoms with E-state index in [1.165, 1.54) is 29.2 Å². The molecule has 2 aromatic carbocycles. The lowest BCUT2D eigenvalue weighted by atomic mass is 9.80. The number of halogens is 2. The molecule has 190 valence electrons. The van der Waals surface area contributed by atoms with Gasteiger partial charge >= 0.3 is 6.03 Å². The van der Waals surface area contributed by atoms with E-state index in [9.17, 15) is 19.6 Å². The third-order valence-electron chi connectivity index (χ3n) is 7.02. The number of hydrogen-bond donors (Lipinski definition) is 0. The van der Waals surface area contributed by atoms with Gasteiger partial charge in [-0.05, 0) is 53.6 Å². The summed E-state index contributed by atoms with van der Waals surface area (Å²) in [6.45, 7) is 0.176. The first-order chi connectivity index (χ1) is 18.2. The van der Waals surface area contributed by atoms with E-state index in [0.29, 0.717) is 5.56 Å². The van der Waals surface area contributed by atoms with Gasteiger partial charge in [-0.15, -0.1) is 0 Å². The summed E-state index contributed by atoms with van der Waals surface area (Å²) in [6, 6.07) is 16.5. The molecule has 3 aromatic rings. The highest BCUT2D eigenvalue weighted by molar-refractivity contribution is 6.36. The minimum absolute atomic E-state index is 0.0141. The molecule has 1 spiro atoms. The number of carbonyl (C=O) groups is 3.